The van der Waals surface area contributed by atoms with Gasteiger partial charge >= 0.3 is 0 Å². The summed E-state index contributed by atoms with van der Waals surface area (Å²) in [7, 11) is 0. The van der Waals surface area contributed by atoms with Crippen molar-refractivity contribution in [2.24, 2.45) is 5.92 Å². The Balaban J connectivity index is 1.39. The van der Waals surface area contributed by atoms with Gasteiger partial charge in [0.25, 0.3) is 0 Å². The van der Waals surface area contributed by atoms with Crippen LogP contribution in [-0.2, 0) is 11.3 Å². The Bertz CT molecular complexity index is 841. The number of benzene rings is 1. The van der Waals surface area contributed by atoms with Crippen molar-refractivity contribution in [1.82, 2.24) is 20.0 Å². The van der Waals surface area contributed by atoms with Gasteiger partial charge in [-0.1, -0.05) is 0 Å². The summed E-state index contributed by atoms with van der Waals surface area (Å²) in [5.41, 5.74) is 4.09. The van der Waals surface area contributed by atoms with E-state index in [-0.39, 0.29) is 5.82 Å². The lowest BCUT2D eigenvalue weighted by atomic mass is 10.1. The number of halogens is 1. The molecule has 5 nitrogen and oxygen atoms in total. The number of nitrogens with zero attached hydrogens (tertiary/aromatic N) is 3. The van der Waals surface area contributed by atoms with Crippen molar-refractivity contribution in [2.75, 3.05) is 13.1 Å². The van der Waals surface area contributed by atoms with Crippen LogP contribution in [0.1, 0.15) is 49.1 Å². The fourth-order valence-corrected chi connectivity index (χ4v) is 4.06. The lowest BCUT2D eigenvalue weighted by molar-refractivity contribution is -0.130. The van der Waals surface area contributed by atoms with E-state index < -0.39 is 0 Å². The lowest BCUT2D eigenvalue weighted by Gasteiger charge is -2.21. The number of likely N-dealkylation sites (tertiary alicyclic amines) is 1. The van der Waals surface area contributed by atoms with Gasteiger partial charge in [-0.25, -0.2) is 9.07 Å². The Morgan fingerprint density at radius 1 is 1.14 bits per heavy atom. The molecule has 4 rings (SSSR count). The third kappa shape index (κ3) is 4.27. The second-order valence-corrected chi connectivity index (χ2v) is 8.23. The van der Waals surface area contributed by atoms with E-state index in [0.29, 0.717) is 18.4 Å². The minimum absolute atomic E-state index is 0.245. The Hall–Kier alpha value is -2.21. The number of hydrogen-bond acceptors (Lipinski definition) is 3. The van der Waals surface area contributed by atoms with Crippen molar-refractivity contribution < 1.29 is 9.18 Å². The SMILES string of the molecule is Cc1nn(-c2ccc(F)cc2)c(C)c1CNC1CCC(=O)N(CC2CC2)CC1. The zero-order valence-corrected chi connectivity index (χ0v) is 16.7. The predicted octanol–water partition coefficient (Wildman–Crippen LogP) is 3.51. The van der Waals surface area contributed by atoms with Crippen LogP contribution in [0.5, 0.6) is 0 Å². The smallest absolute Gasteiger partial charge is 0.222 e. The fourth-order valence-electron chi connectivity index (χ4n) is 4.06. The minimum atomic E-state index is -0.245. The minimum Gasteiger partial charge on any atom is -0.342 e. The highest BCUT2D eigenvalue weighted by molar-refractivity contribution is 5.76. The first-order valence-electron chi connectivity index (χ1n) is 10.3. The number of carbonyl (C=O) groups excluding carboxylic acids is 1. The number of hydrogen-bond donors (Lipinski definition) is 1. The van der Waals surface area contributed by atoms with E-state index in [1.54, 1.807) is 12.1 Å². The highest BCUT2D eigenvalue weighted by Crippen LogP contribution is 2.30. The summed E-state index contributed by atoms with van der Waals surface area (Å²) in [5, 5.41) is 8.30. The third-order valence-corrected chi connectivity index (χ3v) is 6.06. The topological polar surface area (TPSA) is 50.2 Å². The molecule has 0 spiro atoms. The molecule has 1 saturated heterocycles. The number of amides is 1. The predicted molar refractivity (Wildman–Crippen MR) is 107 cm³/mol. The van der Waals surface area contributed by atoms with Gasteiger partial charge in [-0.3, -0.25) is 4.79 Å². The van der Waals surface area contributed by atoms with Crippen LogP contribution < -0.4 is 5.32 Å². The van der Waals surface area contributed by atoms with E-state index in [0.717, 1.165) is 55.5 Å². The van der Waals surface area contributed by atoms with Crippen LogP contribution >= 0.6 is 0 Å². The van der Waals surface area contributed by atoms with Gasteiger partial charge in [-0.2, -0.15) is 5.10 Å². The van der Waals surface area contributed by atoms with Gasteiger partial charge in [0.15, 0.2) is 0 Å². The zero-order chi connectivity index (χ0) is 19.7. The van der Waals surface area contributed by atoms with Crippen LogP contribution in [-0.4, -0.2) is 39.7 Å². The molecule has 0 radical (unpaired) electrons. The zero-order valence-electron chi connectivity index (χ0n) is 16.7. The molecule has 2 aromatic rings. The molecule has 1 saturated carbocycles. The molecule has 1 unspecified atom stereocenters. The molecule has 2 heterocycles. The van der Waals surface area contributed by atoms with Crippen molar-refractivity contribution in [3.63, 3.8) is 0 Å². The quantitative estimate of drug-likeness (QED) is 0.829. The average molecular weight is 384 g/mol. The van der Waals surface area contributed by atoms with Crippen LogP contribution in [0, 0.1) is 25.6 Å². The second-order valence-electron chi connectivity index (χ2n) is 8.23. The van der Waals surface area contributed by atoms with Gasteiger partial charge in [0, 0.05) is 43.4 Å². The van der Waals surface area contributed by atoms with Crippen LogP contribution in [0.25, 0.3) is 5.69 Å². The van der Waals surface area contributed by atoms with Crippen LogP contribution in [0.4, 0.5) is 4.39 Å². The Kier molecular flexibility index (Phi) is 5.49. The van der Waals surface area contributed by atoms with Crippen molar-refractivity contribution in [1.29, 1.82) is 0 Å². The second kappa shape index (κ2) is 8.03. The van der Waals surface area contributed by atoms with Crippen molar-refractivity contribution in [3.8, 4) is 5.69 Å². The summed E-state index contributed by atoms with van der Waals surface area (Å²) in [5.74, 6) is 0.814. The van der Waals surface area contributed by atoms with E-state index in [1.165, 1.54) is 30.5 Å². The number of aryl methyl sites for hydroxylation is 1. The maximum atomic E-state index is 13.2. The van der Waals surface area contributed by atoms with Gasteiger partial charge in [0.1, 0.15) is 5.82 Å². The first kappa shape index (κ1) is 19.1. The van der Waals surface area contributed by atoms with Gasteiger partial charge in [0.05, 0.1) is 11.4 Å². The molecule has 1 amide bonds. The molecule has 2 aliphatic rings. The molecule has 1 N–H and O–H groups in total. The molecule has 1 aromatic carbocycles. The van der Waals surface area contributed by atoms with Gasteiger partial charge in [0.2, 0.25) is 5.91 Å². The molecular formula is C22H29FN4O. The first-order chi connectivity index (χ1) is 13.5. The largest absolute Gasteiger partial charge is 0.342 e. The summed E-state index contributed by atoms with van der Waals surface area (Å²) in [6.45, 7) is 6.61. The standard InChI is InChI=1S/C22H29FN4O/c1-15-21(16(2)27(25-15)20-8-5-18(23)6-9-20)13-24-19-7-10-22(28)26(12-11-19)14-17-3-4-17/h5-6,8-9,17,19,24H,3-4,7,10-14H2,1-2H3. The normalized spacial score (nSPS) is 20.5. The number of carbonyl (C=O) groups is 1. The van der Waals surface area contributed by atoms with Crippen LogP contribution in [0.15, 0.2) is 24.3 Å². The number of nitrogens with one attached hydrogen (secondary N) is 1. The molecule has 28 heavy (non-hydrogen) atoms. The highest BCUT2D eigenvalue weighted by Gasteiger charge is 2.29. The highest BCUT2D eigenvalue weighted by atomic mass is 19.1. The average Bonchev–Trinajstić information content (AvgIpc) is 3.47. The summed E-state index contributed by atoms with van der Waals surface area (Å²) in [4.78, 5) is 14.4. The molecule has 1 aliphatic carbocycles. The van der Waals surface area contributed by atoms with Crippen molar-refractivity contribution in [2.45, 2.75) is 58.5 Å². The molecule has 150 valence electrons. The Morgan fingerprint density at radius 2 is 1.89 bits per heavy atom. The third-order valence-electron chi connectivity index (χ3n) is 6.06. The van der Waals surface area contributed by atoms with E-state index in [1.807, 2.05) is 18.5 Å². The summed E-state index contributed by atoms with van der Waals surface area (Å²) in [6, 6.07) is 6.76. The molecule has 1 aliphatic heterocycles. The summed E-state index contributed by atoms with van der Waals surface area (Å²) >= 11 is 0. The maximum Gasteiger partial charge on any atom is 0.222 e. The molecule has 2 fully saturated rings. The summed E-state index contributed by atoms with van der Waals surface area (Å²) in [6.07, 6.45) is 5.09. The van der Waals surface area contributed by atoms with Gasteiger partial charge < -0.3 is 10.2 Å². The first-order valence-corrected chi connectivity index (χ1v) is 10.3. The molecular weight excluding hydrogens is 355 g/mol. The van der Waals surface area contributed by atoms with Crippen molar-refractivity contribution >= 4 is 5.91 Å². The Morgan fingerprint density at radius 3 is 2.61 bits per heavy atom. The van der Waals surface area contributed by atoms with Crippen LogP contribution in [0.3, 0.4) is 0 Å². The van der Waals surface area contributed by atoms with Gasteiger partial charge in [-0.05, 0) is 69.7 Å². The Labute approximate surface area is 165 Å². The van der Waals surface area contributed by atoms with E-state index >= 15 is 0 Å². The summed E-state index contributed by atoms with van der Waals surface area (Å²) < 4.78 is 15.1. The molecule has 6 heteroatoms. The van der Waals surface area contributed by atoms with Crippen LogP contribution in [0.2, 0.25) is 0 Å². The van der Waals surface area contributed by atoms with Gasteiger partial charge in [-0.15, -0.1) is 0 Å². The molecule has 1 atom stereocenters. The molecule has 0 bridgehead atoms. The lowest BCUT2D eigenvalue weighted by Crippen LogP contribution is -2.33. The maximum absolute atomic E-state index is 13.2. The van der Waals surface area contributed by atoms with E-state index in [2.05, 4.69) is 15.3 Å². The number of rotatable bonds is 6. The van der Waals surface area contributed by atoms with E-state index in [9.17, 15) is 9.18 Å². The van der Waals surface area contributed by atoms with E-state index in [4.69, 9.17) is 0 Å². The number of aromatic nitrogens is 2. The van der Waals surface area contributed by atoms with Crippen molar-refractivity contribution in [3.05, 3.63) is 47.0 Å². The molecule has 1 aromatic heterocycles. The monoisotopic (exact) mass is 384 g/mol. The fraction of sp³-hybridized carbons (Fsp3) is 0.545.